The fraction of sp³-hybridized carbons (Fsp3) is 0.833. The van der Waals surface area contributed by atoms with Gasteiger partial charge in [-0.1, -0.05) is 20.3 Å². The topological polar surface area (TPSA) is 66.4 Å². The lowest BCUT2D eigenvalue weighted by Gasteiger charge is -2.32. The maximum absolute atomic E-state index is 11.7. The van der Waals surface area contributed by atoms with Crippen molar-refractivity contribution in [1.82, 2.24) is 5.32 Å². The van der Waals surface area contributed by atoms with Gasteiger partial charge in [-0.05, 0) is 31.6 Å². The first-order valence-electron chi connectivity index (χ1n) is 5.90. The highest BCUT2D eigenvalue weighted by Crippen LogP contribution is 2.29. The molecule has 0 spiro atoms. The molecule has 0 bridgehead atoms. The van der Waals surface area contributed by atoms with E-state index in [1.807, 2.05) is 0 Å². The van der Waals surface area contributed by atoms with Crippen LogP contribution >= 0.6 is 0 Å². The molecule has 0 heterocycles. The van der Waals surface area contributed by atoms with Crippen molar-refractivity contribution < 1.29 is 14.7 Å². The van der Waals surface area contributed by atoms with E-state index in [-0.39, 0.29) is 11.8 Å². The second-order valence-corrected chi connectivity index (χ2v) is 5.21. The summed E-state index contributed by atoms with van der Waals surface area (Å²) in [5.41, 5.74) is -1.15. The molecule has 2 N–H and O–H groups in total. The van der Waals surface area contributed by atoms with E-state index in [1.54, 1.807) is 20.8 Å². The van der Waals surface area contributed by atoms with Gasteiger partial charge in [-0.25, -0.2) is 4.79 Å². The molecule has 1 aliphatic rings. The molecule has 0 aromatic heterocycles. The highest BCUT2D eigenvalue weighted by molar-refractivity contribution is 5.87. The largest absolute Gasteiger partial charge is 0.480 e. The molecule has 92 valence electrons. The zero-order valence-corrected chi connectivity index (χ0v) is 10.2. The Kier molecular flexibility index (Phi) is 3.94. The number of carbonyl (C=O) groups is 2. The average molecular weight is 227 g/mol. The van der Waals surface area contributed by atoms with Crippen LogP contribution in [0.1, 0.15) is 46.5 Å². The molecule has 1 saturated carbocycles. The first-order chi connectivity index (χ1) is 7.36. The predicted molar refractivity (Wildman–Crippen MR) is 61.0 cm³/mol. The van der Waals surface area contributed by atoms with Crippen LogP contribution < -0.4 is 5.32 Å². The third-order valence-electron chi connectivity index (χ3n) is 3.70. The molecular weight excluding hydrogens is 206 g/mol. The van der Waals surface area contributed by atoms with Crippen LogP contribution in [0.3, 0.4) is 0 Å². The summed E-state index contributed by atoms with van der Waals surface area (Å²) in [5.74, 6) is -0.770. The minimum Gasteiger partial charge on any atom is -0.480 e. The Bertz CT molecular complexity index is 284. The summed E-state index contributed by atoms with van der Waals surface area (Å²) in [5, 5.41) is 11.8. The number of nitrogens with one attached hydrogen (secondary N) is 1. The van der Waals surface area contributed by atoms with E-state index >= 15 is 0 Å². The van der Waals surface area contributed by atoms with Gasteiger partial charge in [0.05, 0.1) is 0 Å². The van der Waals surface area contributed by atoms with E-state index in [4.69, 9.17) is 5.11 Å². The van der Waals surface area contributed by atoms with E-state index < -0.39 is 11.5 Å². The number of aliphatic carboxylic acids is 1. The first kappa shape index (κ1) is 13.0. The molecule has 1 amide bonds. The van der Waals surface area contributed by atoms with E-state index in [9.17, 15) is 9.59 Å². The highest BCUT2D eigenvalue weighted by Gasteiger charge is 2.38. The lowest BCUT2D eigenvalue weighted by Crippen LogP contribution is -2.56. The Labute approximate surface area is 96.4 Å². The molecule has 16 heavy (non-hydrogen) atoms. The Morgan fingerprint density at radius 3 is 2.31 bits per heavy atom. The number of carboxylic acids is 1. The van der Waals surface area contributed by atoms with E-state index in [0.29, 0.717) is 12.3 Å². The summed E-state index contributed by atoms with van der Waals surface area (Å²) in [6.07, 6.45) is 3.85. The molecular formula is C12H21NO3. The fourth-order valence-electron chi connectivity index (χ4n) is 1.74. The maximum Gasteiger partial charge on any atom is 0.329 e. The average Bonchev–Trinajstić information content (AvgIpc) is 2.10. The van der Waals surface area contributed by atoms with Gasteiger partial charge in [0.25, 0.3) is 0 Å². The van der Waals surface area contributed by atoms with Crippen LogP contribution in [0.4, 0.5) is 0 Å². The summed E-state index contributed by atoms with van der Waals surface area (Å²) < 4.78 is 0. The monoisotopic (exact) mass is 227 g/mol. The van der Waals surface area contributed by atoms with Crippen molar-refractivity contribution in [2.45, 2.75) is 52.0 Å². The standard InChI is InChI=1S/C12H21NO3/c1-8(2)12(3,11(15)16)13-10(14)7-9-5-4-6-9/h8-9H,4-7H2,1-3H3,(H,13,14)(H,15,16). The van der Waals surface area contributed by atoms with Crippen molar-refractivity contribution in [3.8, 4) is 0 Å². The predicted octanol–water partition coefficient (Wildman–Crippen LogP) is 1.79. The van der Waals surface area contributed by atoms with Crippen molar-refractivity contribution in [2.75, 3.05) is 0 Å². The van der Waals surface area contributed by atoms with E-state index in [2.05, 4.69) is 5.32 Å². The van der Waals surface area contributed by atoms with Crippen LogP contribution in [0.15, 0.2) is 0 Å². The van der Waals surface area contributed by atoms with Gasteiger partial charge in [-0.2, -0.15) is 0 Å². The smallest absolute Gasteiger partial charge is 0.329 e. The minimum atomic E-state index is -1.15. The summed E-state index contributed by atoms with van der Waals surface area (Å²) in [6, 6.07) is 0. The second kappa shape index (κ2) is 4.85. The van der Waals surface area contributed by atoms with Crippen molar-refractivity contribution in [3.63, 3.8) is 0 Å². The lowest BCUT2D eigenvalue weighted by molar-refractivity contribution is -0.149. The number of carbonyl (C=O) groups excluding carboxylic acids is 1. The SMILES string of the molecule is CC(C)C(C)(NC(=O)CC1CCC1)C(=O)O. The van der Waals surface area contributed by atoms with Crippen molar-refractivity contribution in [3.05, 3.63) is 0 Å². The molecule has 1 unspecified atom stereocenters. The molecule has 0 aliphatic heterocycles. The van der Waals surface area contributed by atoms with Crippen LogP contribution in [0.5, 0.6) is 0 Å². The number of hydrogen-bond acceptors (Lipinski definition) is 2. The van der Waals surface area contributed by atoms with Gasteiger partial charge in [0.1, 0.15) is 5.54 Å². The van der Waals surface area contributed by atoms with Gasteiger partial charge in [-0.15, -0.1) is 0 Å². The van der Waals surface area contributed by atoms with Gasteiger partial charge in [0.2, 0.25) is 5.91 Å². The van der Waals surface area contributed by atoms with Gasteiger partial charge in [0.15, 0.2) is 0 Å². The molecule has 1 aliphatic carbocycles. The summed E-state index contributed by atoms with van der Waals surface area (Å²) in [4.78, 5) is 22.8. The third kappa shape index (κ3) is 2.74. The van der Waals surface area contributed by atoms with Gasteiger partial charge >= 0.3 is 5.97 Å². The number of carboxylic acid groups (broad SMARTS) is 1. The summed E-state index contributed by atoms with van der Waals surface area (Å²) in [7, 11) is 0. The van der Waals surface area contributed by atoms with Crippen LogP contribution in [-0.2, 0) is 9.59 Å². The number of hydrogen-bond donors (Lipinski definition) is 2. The van der Waals surface area contributed by atoms with Crippen molar-refractivity contribution >= 4 is 11.9 Å². The quantitative estimate of drug-likeness (QED) is 0.752. The number of amides is 1. The molecule has 4 heteroatoms. The van der Waals surface area contributed by atoms with Gasteiger partial charge in [-0.3, -0.25) is 4.79 Å². The first-order valence-corrected chi connectivity index (χ1v) is 5.90. The fourth-order valence-corrected chi connectivity index (χ4v) is 1.74. The number of rotatable bonds is 5. The molecule has 1 atom stereocenters. The zero-order chi connectivity index (χ0) is 12.3. The summed E-state index contributed by atoms with van der Waals surface area (Å²) >= 11 is 0. The lowest BCUT2D eigenvalue weighted by atomic mass is 9.82. The van der Waals surface area contributed by atoms with E-state index in [0.717, 1.165) is 12.8 Å². The molecule has 0 aromatic carbocycles. The molecule has 1 fully saturated rings. The highest BCUT2D eigenvalue weighted by atomic mass is 16.4. The molecule has 4 nitrogen and oxygen atoms in total. The Balaban J connectivity index is 2.54. The maximum atomic E-state index is 11.7. The van der Waals surface area contributed by atoms with Gasteiger partial charge in [0, 0.05) is 6.42 Å². The molecule has 0 radical (unpaired) electrons. The Morgan fingerprint density at radius 2 is 2.00 bits per heavy atom. The Hall–Kier alpha value is -1.06. The molecule has 0 aromatic rings. The summed E-state index contributed by atoms with van der Waals surface area (Å²) in [6.45, 7) is 5.17. The zero-order valence-electron chi connectivity index (χ0n) is 10.2. The van der Waals surface area contributed by atoms with Crippen molar-refractivity contribution in [1.29, 1.82) is 0 Å². The normalized spacial score (nSPS) is 20.0. The van der Waals surface area contributed by atoms with Crippen LogP contribution in [0.25, 0.3) is 0 Å². The van der Waals surface area contributed by atoms with E-state index in [1.165, 1.54) is 6.42 Å². The Morgan fingerprint density at radius 1 is 1.44 bits per heavy atom. The minimum absolute atomic E-state index is 0.129. The third-order valence-corrected chi connectivity index (χ3v) is 3.70. The van der Waals surface area contributed by atoms with Gasteiger partial charge < -0.3 is 10.4 Å². The second-order valence-electron chi connectivity index (χ2n) is 5.21. The van der Waals surface area contributed by atoms with Crippen molar-refractivity contribution in [2.24, 2.45) is 11.8 Å². The van der Waals surface area contributed by atoms with Crippen LogP contribution in [0, 0.1) is 11.8 Å². The van der Waals surface area contributed by atoms with Crippen LogP contribution in [0.2, 0.25) is 0 Å². The molecule has 0 saturated heterocycles. The van der Waals surface area contributed by atoms with Crippen LogP contribution in [-0.4, -0.2) is 22.5 Å². The molecule has 1 rings (SSSR count).